The van der Waals surface area contributed by atoms with E-state index in [0.29, 0.717) is 0 Å². The van der Waals surface area contributed by atoms with Crippen LogP contribution in [-0.4, -0.2) is 29.6 Å². The lowest BCUT2D eigenvalue weighted by atomic mass is 10.0. The first-order valence-electron chi connectivity index (χ1n) is 6.33. The number of likely N-dealkylation sites (tertiary alicyclic amines) is 1. The van der Waals surface area contributed by atoms with Crippen LogP contribution in [0.2, 0.25) is 5.02 Å². The van der Waals surface area contributed by atoms with Crippen LogP contribution < -0.4 is 0 Å². The van der Waals surface area contributed by atoms with Gasteiger partial charge in [0.1, 0.15) is 0 Å². The predicted octanol–water partition coefficient (Wildman–Crippen LogP) is 3.17. The molecule has 1 atom stereocenters. The van der Waals surface area contributed by atoms with Crippen molar-refractivity contribution in [3.63, 3.8) is 0 Å². The molecular formula is C14H20ClNO. The van der Waals surface area contributed by atoms with E-state index in [1.54, 1.807) is 0 Å². The summed E-state index contributed by atoms with van der Waals surface area (Å²) in [5.41, 5.74) is 2.01. The zero-order valence-corrected chi connectivity index (χ0v) is 11.1. The molecule has 1 N–H and O–H groups in total. The van der Waals surface area contributed by atoms with E-state index in [1.165, 1.54) is 25.9 Å². The van der Waals surface area contributed by atoms with Gasteiger partial charge in [-0.1, -0.05) is 23.7 Å². The third-order valence-corrected chi connectivity index (χ3v) is 3.91. The molecule has 0 spiro atoms. The second-order valence-electron chi connectivity index (χ2n) is 4.86. The summed E-state index contributed by atoms with van der Waals surface area (Å²) in [5, 5.41) is 10.9. The molecule has 2 rings (SSSR count). The van der Waals surface area contributed by atoms with Gasteiger partial charge in [-0.25, -0.2) is 0 Å². The van der Waals surface area contributed by atoms with E-state index >= 15 is 0 Å². The summed E-state index contributed by atoms with van der Waals surface area (Å²) in [6.45, 7) is 5.33. The third-order valence-electron chi connectivity index (χ3n) is 3.48. The Morgan fingerprint density at radius 3 is 2.71 bits per heavy atom. The first kappa shape index (κ1) is 12.9. The van der Waals surface area contributed by atoms with Crippen molar-refractivity contribution >= 4 is 11.6 Å². The highest BCUT2D eigenvalue weighted by Gasteiger charge is 2.14. The van der Waals surface area contributed by atoms with Crippen LogP contribution in [-0.2, 0) is 0 Å². The van der Waals surface area contributed by atoms with Gasteiger partial charge < -0.3 is 10.0 Å². The van der Waals surface area contributed by atoms with Gasteiger partial charge >= 0.3 is 0 Å². The fraction of sp³-hybridized carbons (Fsp3) is 0.571. The summed E-state index contributed by atoms with van der Waals surface area (Å²) in [6, 6.07) is 5.77. The van der Waals surface area contributed by atoms with E-state index < -0.39 is 0 Å². The first-order valence-corrected chi connectivity index (χ1v) is 6.71. The van der Waals surface area contributed by atoms with Gasteiger partial charge in [0.25, 0.3) is 0 Å². The van der Waals surface area contributed by atoms with E-state index in [9.17, 15) is 5.11 Å². The van der Waals surface area contributed by atoms with Gasteiger partial charge in [0.15, 0.2) is 0 Å². The van der Waals surface area contributed by atoms with Crippen molar-refractivity contribution < 1.29 is 5.11 Å². The molecule has 0 amide bonds. The SMILES string of the molecule is Cc1cc(C(O)CCN2CCCC2)ccc1Cl. The molecule has 0 aliphatic carbocycles. The Labute approximate surface area is 108 Å². The monoisotopic (exact) mass is 253 g/mol. The summed E-state index contributed by atoms with van der Waals surface area (Å²) in [4.78, 5) is 2.42. The summed E-state index contributed by atoms with van der Waals surface area (Å²) >= 11 is 5.98. The van der Waals surface area contributed by atoms with Crippen molar-refractivity contribution in [1.82, 2.24) is 4.90 Å². The lowest BCUT2D eigenvalue weighted by Crippen LogP contribution is -2.22. The first-order chi connectivity index (χ1) is 8.16. The zero-order chi connectivity index (χ0) is 12.3. The molecule has 1 aromatic rings. The van der Waals surface area contributed by atoms with Crippen LogP contribution in [0.3, 0.4) is 0 Å². The van der Waals surface area contributed by atoms with Crippen LogP contribution in [0.15, 0.2) is 18.2 Å². The Morgan fingerprint density at radius 1 is 1.35 bits per heavy atom. The highest BCUT2D eigenvalue weighted by Crippen LogP contribution is 2.23. The van der Waals surface area contributed by atoms with Crippen molar-refractivity contribution in [2.75, 3.05) is 19.6 Å². The lowest BCUT2D eigenvalue weighted by Gasteiger charge is -2.18. The minimum atomic E-state index is -0.369. The third kappa shape index (κ3) is 3.44. The van der Waals surface area contributed by atoms with Crippen LogP contribution in [0, 0.1) is 6.92 Å². The molecule has 2 nitrogen and oxygen atoms in total. The topological polar surface area (TPSA) is 23.5 Å². The Morgan fingerprint density at radius 2 is 2.06 bits per heavy atom. The summed E-state index contributed by atoms with van der Waals surface area (Å²) in [6.07, 6.45) is 3.04. The fourth-order valence-electron chi connectivity index (χ4n) is 2.35. The Bertz CT molecular complexity index is 374. The number of halogens is 1. The second kappa shape index (κ2) is 5.85. The standard InChI is InChI=1S/C14H20ClNO/c1-11-10-12(4-5-13(11)15)14(17)6-9-16-7-2-3-8-16/h4-5,10,14,17H,2-3,6-9H2,1H3. The van der Waals surface area contributed by atoms with Gasteiger partial charge in [-0.15, -0.1) is 0 Å². The zero-order valence-electron chi connectivity index (χ0n) is 10.3. The molecule has 3 heteroatoms. The predicted molar refractivity (Wildman–Crippen MR) is 71.4 cm³/mol. The number of nitrogens with zero attached hydrogens (tertiary/aromatic N) is 1. The van der Waals surface area contributed by atoms with Gasteiger partial charge in [0.05, 0.1) is 6.10 Å². The lowest BCUT2D eigenvalue weighted by molar-refractivity contribution is 0.149. The summed E-state index contributed by atoms with van der Waals surface area (Å²) in [7, 11) is 0. The number of aliphatic hydroxyl groups is 1. The van der Waals surface area contributed by atoms with Crippen molar-refractivity contribution in [3.05, 3.63) is 34.3 Å². The van der Waals surface area contributed by atoms with Crippen molar-refractivity contribution in [2.45, 2.75) is 32.3 Å². The van der Waals surface area contributed by atoms with E-state index in [4.69, 9.17) is 11.6 Å². The van der Waals surface area contributed by atoms with Gasteiger partial charge in [-0.2, -0.15) is 0 Å². The molecule has 0 saturated carbocycles. The van der Waals surface area contributed by atoms with Crippen LogP contribution in [0.4, 0.5) is 0 Å². The Kier molecular flexibility index (Phi) is 4.43. The van der Waals surface area contributed by atoms with Gasteiger partial charge in [-0.3, -0.25) is 0 Å². The average Bonchev–Trinajstić information content (AvgIpc) is 2.82. The maximum atomic E-state index is 10.1. The second-order valence-corrected chi connectivity index (χ2v) is 5.27. The van der Waals surface area contributed by atoms with Crippen molar-refractivity contribution in [3.8, 4) is 0 Å². The molecular weight excluding hydrogens is 234 g/mol. The smallest absolute Gasteiger partial charge is 0.0802 e. The number of rotatable bonds is 4. The molecule has 0 bridgehead atoms. The molecule has 17 heavy (non-hydrogen) atoms. The molecule has 1 aromatic carbocycles. The Hall–Kier alpha value is -0.570. The van der Waals surface area contributed by atoms with E-state index in [-0.39, 0.29) is 6.10 Å². The highest BCUT2D eigenvalue weighted by atomic mass is 35.5. The maximum absolute atomic E-state index is 10.1. The molecule has 1 unspecified atom stereocenters. The molecule has 0 aromatic heterocycles. The molecule has 0 radical (unpaired) electrons. The number of hydrogen-bond donors (Lipinski definition) is 1. The minimum Gasteiger partial charge on any atom is -0.388 e. The minimum absolute atomic E-state index is 0.369. The quantitative estimate of drug-likeness (QED) is 0.891. The van der Waals surface area contributed by atoms with E-state index in [0.717, 1.165) is 29.1 Å². The molecule has 1 aliphatic heterocycles. The van der Waals surface area contributed by atoms with Crippen LogP contribution in [0.25, 0.3) is 0 Å². The number of hydrogen-bond acceptors (Lipinski definition) is 2. The average molecular weight is 254 g/mol. The van der Waals surface area contributed by atoms with E-state index in [1.807, 2.05) is 25.1 Å². The van der Waals surface area contributed by atoms with Crippen molar-refractivity contribution in [2.24, 2.45) is 0 Å². The normalized spacial score (nSPS) is 18.5. The van der Waals surface area contributed by atoms with Gasteiger partial charge in [0, 0.05) is 11.6 Å². The fourth-order valence-corrected chi connectivity index (χ4v) is 2.47. The van der Waals surface area contributed by atoms with Crippen LogP contribution >= 0.6 is 11.6 Å². The molecule has 1 heterocycles. The molecule has 1 aliphatic rings. The van der Waals surface area contributed by atoms with E-state index in [2.05, 4.69) is 4.90 Å². The Balaban J connectivity index is 1.89. The molecule has 1 saturated heterocycles. The largest absolute Gasteiger partial charge is 0.388 e. The number of aryl methyl sites for hydroxylation is 1. The summed E-state index contributed by atoms with van der Waals surface area (Å²) < 4.78 is 0. The van der Waals surface area contributed by atoms with Crippen LogP contribution in [0.1, 0.15) is 36.5 Å². The number of benzene rings is 1. The van der Waals surface area contributed by atoms with Gasteiger partial charge in [0.2, 0.25) is 0 Å². The molecule has 94 valence electrons. The number of aliphatic hydroxyl groups excluding tert-OH is 1. The van der Waals surface area contributed by atoms with Crippen LogP contribution in [0.5, 0.6) is 0 Å². The molecule has 1 fully saturated rings. The van der Waals surface area contributed by atoms with Gasteiger partial charge in [-0.05, 0) is 56.5 Å². The highest BCUT2D eigenvalue weighted by molar-refractivity contribution is 6.31. The van der Waals surface area contributed by atoms with Crippen molar-refractivity contribution in [1.29, 1.82) is 0 Å². The summed E-state index contributed by atoms with van der Waals surface area (Å²) in [5.74, 6) is 0. The maximum Gasteiger partial charge on any atom is 0.0802 e.